The SMILES string of the molecule is COc1cc(C)cc(C)c1CC(N)CC(=O)O. The Balaban J connectivity index is 2.93. The average Bonchev–Trinajstić information content (AvgIpc) is 2.20. The van der Waals surface area contributed by atoms with Crippen molar-refractivity contribution in [2.45, 2.75) is 32.7 Å². The smallest absolute Gasteiger partial charge is 0.304 e. The van der Waals surface area contributed by atoms with Crippen molar-refractivity contribution < 1.29 is 14.6 Å². The summed E-state index contributed by atoms with van der Waals surface area (Å²) < 4.78 is 5.31. The van der Waals surface area contributed by atoms with Gasteiger partial charge in [-0.3, -0.25) is 4.79 Å². The van der Waals surface area contributed by atoms with Crippen molar-refractivity contribution in [1.29, 1.82) is 0 Å². The van der Waals surface area contributed by atoms with Gasteiger partial charge in [0.05, 0.1) is 13.5 Å². The summed E-state index contributed by atoms with van der Waals surface area (Å²) in [5.74, 6) is -0.0930. The minimum absolute atomic E-state index is 0.0313. The van der Waals surface area contributed by atoms with E-state index in [1.165, 1.54) is 0 Å². The van der Waals surface area contributed by atoms with Crippen molar-refractivity contribution >= 4 is 5.97 Å². The molecule has 0 aromatic heterocycles. The van der Waals surface area contributed by atoms with Gasteiger partial charge >= 0.3 is 5.97 Å². The third-order valence-corrected chi connectivity index (χ3v) is 2.70. The van der Waals surface area contributed by atoms with Gasteiger partial charge in [0.1, 0.15) is 5.75 Å². The lowest BCUT2D eigenvalue weighted by atomic mass is 9.97. The molecule has 0 radical (unpaired) electrons. The predicted molar refractivity (Wildman–Crippen MR) is 66.4 cm³/mol. The fourth-order valence-corrected chi connectivity index (χ4v) is 1.96. The highest BCUT2D eigenvalue weighted by Gasteiger charge is 2.14. The van der Waals surface area contributed by atoms with Gasteiger partial charge in [0.2, 0.25) is 0 Å². The zero-order chi connectivity index (χ0) is 13.0. The van der Waals surface area contributed by atoms with E-state index < -0.39 is 5.97 Å². The summed E-state index contributed by atoms with van der Waals surface area (Å²) in [5.41, 5.74) is 9.00. The van der Waals surface area contributed by atoms with Crippen molar-refractivity contribution in [3.63, 3.8) is 0 Å². The molecule has 0 saturated carbocycles. The van der Waals surface area contributed by atoms with Crippen LogP contribution in [0.1, 0.15) is 23.1 Å². The molecule has 17 heavy (non-hydrogen) atoms. The normalized spacial score (nSPS) is 12.2. The molecule has 0 heterocycles. The number of hydrogen-bond donors (Lipinski definition) is 2. The molecule has 0 bridgehead atoms. The molecule has 0 fully saturated rings. The van der Waals surface area contributed by atoms with Gasteiger partial charge in [0, 0.05) is 6.04 Å². The van der Waals surface area contributed by atoms with Gasteiger partial charge in [-0.05, 0) is 43.0 Å². The number of nitrogens with two attached hydrogens (primary N) is 1. The maximum Gasteiger partial charge on any atom is 0.304 e. The molecule has 1 unspecified atom stereocenters. The number of methoxy groups -OCH3 is 1. The van der Waals surface area contributed by atoms with Crippen LogP contribution < -0.4 is 10.5 Å². The lowest BCUT2D eigenvalue weighted by Gasteiger charge is -2.16. The Bertz CT molecular complexity index is 415. The van der Waals surface area contributed by atoms with E-state index in [1.54, 1.807) is 7.11 Å². The first kappa shape index (κ1) is 13.5. The molecule has 0 spiro atoms. The van der Waals surface area contributed by atoms with Gasteiger partial charge in [0.15, 0.2) is 0 Å². The summed E-state index contributed by atoms with van der Waals surface area (Å²) >= 11 is 0. The van der Waals surface area contributed by atoms with E-state index in [-0.39, 0.29) is 12.5 Å². The number of rotatable bonds is 5. The average molecular weight is 237 g/mol. The lowest BCUT2D eigenvalue weighted by molar-refractivity contribution is -0.137. The van der Waals surface area contributed by atoms with Crippen molar-refractivity contribution in [3.8, 4) is 5.75 Å². The fourth-order valence-electron chi connectivity index (χ4n) is 1.96. The minimum Gasteiger partial charge on any atom is -0.496 e. The molecule has 1 atom stereocenters. The highest BCUT2D eigenvalue weighted by atomic mass is 16.5. The molecule has 0 aliphatic carbocycles. The second kappa shape index (κ2) is 5.68. The third-order valence-electron chi connectivity index (χ3n) is 2.70. The fraction of sp³-hybridized carbons (Fsp3) is 0.462. The Morgan fingerprint density at radius 3 is 2.65 bits per heavy atom. The van der Waals surface area contributed by atoms with E-state index >= 15 is 0 Å². The molecule has 0 saturated heterocycles. The number of carboxylic acids is 1. The maximum absolute atomic E-state index is 10.6. The zero-order valence-corrected chi connectivity index (χ0v) is 10.5. The highest BCUT2D eigenvalue weighted by molar-refractivity contribution is 5.67. The highest BCUT2D eigenvalue weighted by Crippen LogP contribution is 2.25. The first-order valence-electron chi connectivity index (χ1n) is 5.55. The van der Waals surface area contributed by atoms with E-state index in [4.69, 9.17) is 15.6 Å². The zero-order valence-electron chi connectivity index (χ0n) is 10.5. The number of hydrogen-bond acceptors (Lipinski definition) is 3. The summed E-state index contributed by atoms with van der Waals surface area (Å²) in [4.78, 5) is 10.6. The van der Waals surface area contributed by atoms with Crippen LogP contribution in [0.2, 0.25) is 0 Å². The predicted octanol–water partition coefficient (Wildman–Crippen LogP) is 1.66. The Morgan fingerprint density at radius 1 is 1.47 bits per heavy atom. The second-order valence-corrected chi connectivity index (χ2v) is 4.32. The number of ether oxygens (including phenoxy) is 1. The van der Waals surface area contributed by atoms with E-state index in [2.05, 4.69) is 0 Å². The van der Waals surface area contributed by atoms with Crippen LogP contribution in [0.25, 0.3) is 0 Å². The van der Waals surface area contributed by atoms with Crippen LogP contribution in [0, 0.1) is 13.8 Å². The Kier molecular flexibility index (Phi) is 4.52. The Morgan fingerprint density at radius 2 is 2.12 bits per heavy atom. The third kappa shape index (κ3) is 3.75. The van der Waals surface area contributed by atoms with E-state index in [9.17, 15) is 4.79 Å². The van der Waals surface area contributed by atoms with Gasteiger partial charge in [-0.1, -0.05) is 6.07 Å². The Labute approximate surface area is 101 Å². The first-order valence-corrected chi connectivity index (χ1v) is 5.55. The molecule has 4 nitrogen and oxygen atoms in total. The minimum atomic E-state index is -0.874. The molecular formula is C13H19NO3. The van der Waals surface area contributed by atoms with Crippen LogP contribution >= 0.6 is 0 Å². The van der Waals surface area contributed by atoms with E-state index in [0.29, 0.717) is 6.42 Å². The van der Waals surface area contributed by atoms with Crippen LogP contribution in [0.4, 0.5) is 0 Å². The molecule has 1 aromatic rings. The molecule has 0 aliphatic heterocycles. The number of benzene rings is 1. The van der Waals surface area contributed by atoms with Gasteiger partial charge in [-0.2, -0.15) is 0 Å². The van der Waals surface area contributed by atoms with Crippen molar-refractivity contribution in [1.82, 2.24) is 0 Å². The second-order valence-electron chi connectivity index (χ2n) is 4.32. The monoisotopic (exact) mass is 237 g/mol. The number of aryl methyl sites for hydroxylation is 2. The van der Waals surface area contributed by atoms with Crippen LogP contribution in [-0.2, 0) is 11.2 Å². The molecular weight excluding hydrogens is 218 g/mol. The quantitative estimate of drug-likeness (QED) is 0.816. The van der Waals surface area contributed by atoms with Crippen molar-refractivity contribution in [2.75, 3.05) is 7.11 Å². The topological polar surface area (TPSA) is 72.5 Å². The van der Waals surface area contributed by atoms with E-state index in [0.717, 1.165) is 22.4 Å². The molecule has 4 heteroatoms. The van der Waals surface area contributed by atoms with Gasteiger partial charge in [-0.25, -0.2) is 0 Å². The lowest BCUT2D eigenvalue weighted by Crippen LogP contribution is -2.26. The van der Waals surface area contributed by atoms with E-state index in [1.807, 2.05) is 26.0 Å². The Hall–Kier alpha value is -1.55. The summed E-state index contributed by atoms with van der Waals surface area (Å²) in [6, 6.07) is 3.60. The maximum atomic E-state index is 10.6. The first-order chi connectivity index (χ1) is 7.93. The molecule has 0 aliphatic rings. The molecule has 94 valence electrons. The van der Waals surface area contributed by atoms with Crippen LogP contribution in [0.5, 0.6) is 5.75 Å². The summed E-state index contributed by atoms with van der Waals surface area (Å²) in [5, 5.41) is 8.69. The molecule has 3 N–H and O–H groups in total. The largest absolute Gasteiger partial charge is 0.496 e. The summed E-state index contributed by atoms with van der Waals surface area (Å²) in [7, 11) is 1.61. The van der Waals surface area contributed by atoms with Crippen molar-refractivity contribution in [2.24, 2.45) is 5.73 Å². The summed E-state index contributed by atoms with van der Waals surface area (Å²) in [6.45, 7) is 3.98. The van der Waals surface area contributed by atoms with Gasteiger partial charge in [0.25, 0.3) is 0 Å². The van der Waals surface area contributed by atoms with Gasteiger partial charge < -0.3 is 15.6 Å². The van der Waals surface area contributed by atoms with Crippen LogP contribution in [0.3, 0.4) is 0 Å². The molecule has 1 aromatic carbocycles. The molecule has 0 amide bonds. The number of aliphatic carboxylic acids is 1. The van der Waals surface area contributed by atoms with Crippen molar-refractivity contribution in [3.05, 3.63) is 28.8 Å². The molecule has 1 rings (SSSR count). The van der Waals surface area contributed by atoms with Crippen LogP contribution in [-0.4, -0.2) is 24.2 Å². The number of carboxylic acid groups (broad SMARTS) is 1. The standard InChI is InChI=1S/C13H19NO3/c1-8-4-9(2)11(12(5-8)17-3)6-10(14)7-13(15)16/h4-5,10H,6-7,14H2,1-3H3,(H,15,16). The van der Waals surface area contributed by atoms with Crippen LogP contribution in [0.15, 0.2) is 12.1 Å². The summed E-state index contributed by atoms with van der Waals surface area (Å²) in [6.07, 6.45) is 0.484. The number of carbonyl (C=O) groups is 1. The van der Waals surface area contributed by atoms with Gasteiger partial charge in [-0.15, -0.1) is 0 Å².